The van der Waals surface area contributed by atoms with E-state index in [1.54, 1.807) is 6.07 Å². The second-order valence-corrected chi connectivity index (χ2v) is 7.78. The third-order valence-corrected chi connectivity index (χ3v) is 5.50. The first-order valence-corrected chi connectivity index (χ1v) is 10.8. The van der Waals surface area contributed by atoms with E-state index in [0.29, 0.717) is 31.4 Å². The van der Waals surface area contributed by atoms with E-state index < -0.39 is 17.7 Å². The third-order valence-electron chi connectivity index (χ3n) is 5.50. The highest BCUT2D eigenvalue weighted by Crippen LogP contribution is 2.30. The first-order chi connectivity index (χ1) is 14.8. The number of terminal acetylenes is 1. The van der Waals surface area contributed by atoms with Crippen LogP contribution in [-0.4, -0.2) is 34.5 Å². The zero-order chi connectivity index (χ0) is 23.3. The standard InChI is InChI=1S/C22H30F3NO3.C2H2/c23-22(24,25)18-10-7-9-17(16-18)8-4-5-11-19-13-14-20(27)26(19)15-6-2-1-3-12-21(28)29;1-2/h7,9-10,16,19H,1-6,8,11-15H2,(H,28,29);1-2H. The van der Waals surface area contributed by atoms with Gasteiger partial charge in [-0.1, -0.05) is 37.5 Å². The molecule has 1 N–H and O–H groups in total. The molecule has 0 radical (unpaired) electrons. The van der Waals surface area contributed by atoms with Gasteiger partial charge in [0, 0.05) is 25.4 Å². The van der Waals surface area contributed by atoms with Crippen LogP contribution in [0.1, 0.15) is 75.3 Å². The van der Waals surface area contributed by atoms with E-state index in [0.717, 1.165) is 51.0 Å². The molecule has 1 amide bonds. The molecule has 31 heavy (non-hydrogen) atoms. The Morgan fingerprint density at radius 2 is 1.81 bits per heavy atom. The molecule has 1 fully saturated rings. The molecule has 0 aromatic heterocycles. The summed E-state index contributed by atoms with van der Waals surface area (Å²) in [5.41, 5.74) is 0.0893. The van der Waals surface area contributed by atoms with Crippen LogP contribution < -0.4 is 0 Å². The number of carboxylic acids is 1. The van der Waals surface area contributed by atoms with E-state index in [2.05, 4.69) is 12.8 Å². The number of hydrogen-bond acceptors (Lipinski definition) is 2. The van der Waals surface area contributed by atoms with Gasteiger partial charge in [-0.15, -0.1) is 12.8 Å². The van der Waals surface area contributed by atoms with Crippen molar-refractivity contribution in [1.82, 2.24) is 4.90 Å². The summed E-state index contributed by atoms with van der Waals surface area (Å²) in [5.74, 6) is -0.594. The van der Waals surface area contributed by atoms with Crippen LogP contribution in [0.4, 0.5) is 13.2 Å². The molecule has 1 aromatic rings. The molecule has 0 saturated carbocycles. The van der Waals surface area contributed by atoms with Crippen LogP contribution in [0.2, 0.25) is 0 Å². The Labute approximate surface area is 182 Å². The number of carboxylic acid groups (broad SMARTS) is 1. The molecule has 1 aliphatic heterocycles. The average molecular weight is 440 g/mol. The van der Waals surface area contributed by atoms with Gasteiger partial charge in [0.2, 0.25) is 5.91 Å². The van der Waals surface area contributed by atoms with Gasteiger partial charge in [-0.05, 0) is 50.2 Å². The SMILES string of the molecule is C#C.O=C(O)CCCCCCN1C(=O)CCC1CCCCc1cccc(C(F)(F)F)c1. The van der Waals surface area contributed by atoms with Gasteiger partial charge in [-0.2, -0.15) is 13.2 Å². The lowest BCUT2D eigenvalue weighted by molar-refractivity contribution is -0.138. The maximum absolute atomic E-state index is 12.8. The number of halogens is 3. The molecule has 4 nitrogen and oxygen atoms in total. The Morgan fingerprint density at radius 3 is 2.48 bits per heavy atom. The van der Waals surface area contributed by atoms with E-state index in [1.807, 2.05) is 4.90 Å². The summed E-state index contributed by atoms with van der Waals surface area (Å²) >= 11 is 0. The molecule has 0 aliphatic carbocycles. The Balaban J connectivity index is 0.00000233. The van der Waals surface area contributed by atoms with Crippen molar-refractivity contribution in [3.8, 4) is 12.8 Å². The van der Waals surface area contributed by atoms with Gasteiger partial charge in [-0.3, -0.25) is 9.59 Å². The number of amides is 1. The van der Waals surface area contributed by atoms with Crippen molar-refractivity contribution in [2.75, 3.05) is 6.54 Å². The molecule has 1 heterocycles. The third kappa shape index (κ3) is 9.91. The van der Waals surface area contributed by atoms with Crippen LogP contribution in [0.3, 0.4) is 0 Å². The van der Waals surface area contributed by atoms with Gasteiger partial charge in [0.15, 0.2) is 0 Å². The first kappa shape index (κ1) is 26.5. The van der Waals surface area contributed by atoms with E-state index in [9.17, 15) is 22.8 Å². The fraction of sp³-hybridized carbons (Fsp3) is 0.583. The Kier molecular flexibility index (Phi) is 11.8. The Hall–Kier alpha value is -2.49. The van der Waals surface area contributed by atoms with E-state index in [4.69, 9.17) is 5.11 Å². The maximum Gasteiger partial charge on any atom is 0.416 e. The number of carbonyl (C=O) groups excluding carboxylic acids is 1. The van der Waals surface area contributed by atoms with E-state index in [-0.39, 0.29) is 18.4 Å². The molecule has 2 rings (SSSR count). The lowest BCUT2D eigenvalue weighted by Crippen LogP contribution is -2.33. The van der Waals surface area contributed by atoms with Crippen molar-refractivity contribution in [3.05, 3.63) is 35.4 Å². The average Bonchev–Trinajstić information content (AvgIpc) is 3.08. The molecular weight excluding hydrogens is 407 g/mol. The number of hydrogen-bond donors (Lipinski definition) is 1. The normalized spacial score (nSPS) is 16.1. The quantitative estimate of drug-likeness (QED) is 0.336. The highest BCUT2D eigenvalue weighted by atomic mass is 19.4. The summed E-state index contributed by atoms with van der Waals surface area (Å²) < 4.78 is 38.3. The second kappa shape index (κ2) is 13.7. The summed E-state index contributed by atoms with van der Waals surface area (Å²) in [5, 5.41) is 8.63. The zero-order valence-corrected chi connectivity index (χ0v) is 17.9. The minimum absolute atomic E-state index is 0.179. The molecule has 1 atom stereocenters. The molecule has 172 valence electrons. The fourth-order valence-corrected chi connectivity index (χ4v) is 3.92. The molecule has 0 spiro atoms. The van der Waals surface area contributed by atoms with Crippen LogP contribution >= 0.6 is 0 Å². The predicted octanol–water partition coefficient (Wildman–Crippen LogP) is 5.69. The maximum atomic E-state index is 12.8. The molecular formula is C24H32F3NO3. The van der Waals surface area contributed by atoms with Gasteiger partial charge >= 0.3 is 12.1 Å². The number of aliphatic carboxylic acids is 1. The number of nitrogens with zero attached hydrogens (tertiary/aromatic N) is 1. The van der Waals surface area contributed by atoms with Gasteiger partial charge in [0.05, 0.1) is 5.56 Å². The van der Waals surface area contributed by atoms with Crippen LogP contribution in [0.5, 0.6) is 0 Å². The molecule has 1 aliphatic rings. The molecule has 1 unspecified atom stereocenters. The van der Waals surface area contributed by atoms with Crippen molar-refractivity contribution in [2.45, 2.75) is 82.8 Å². The van der Waals surface area contributed by atoms with E-state index >= 15 is 0 Å². The van der Waals surface area contributed by atoms with Crippen LogP contribution in [0, 0.1) is 12.8 Å². The largest absolute Gasteiger partial charge is 0.481 e. The highest BCUT2D eigenvalue weighted by molar-refractivity contribution is 5.78. The van der Waals surface area contributed by atoms with Crippen molar-refractivity contribution in [1.29, 1.82) is 0 Å². The number of unbranched alkanes of at least 4 members (excludes halogenated alkanes) is 4. The van der Waals surface area contributed by atoms with Crippen LogP contribution in [0.15, 0.2) is 24.3 Å². The lowest BCUT2D eigenvalue weighted by atomic mass is 10.0. The number of alkyl halides is 3. The number of aryl methyl sites for hydroxylation is 1. The van der Waals surface area contributed by atoms with Crippen molar-refractivity contribution >= 4 is 11.9 Å². The molecule has 1 aromatic carbocycles. The summed E-state index contributed by atoms with van der Waals surface area (Å²) in [6.45, 7) is 0.712. The topological polar surface area (TPSA) is 57.6 Å². The predicted molar refractivity (Wildman–Crippen MR) is 114 cm³/mol. The highest BCUT2D eigenvalue weighted by Gasteiger charge is 2.31. The van der Waals surface area contributed by atoms with Gasteiger partial charge in [0.25, 0.3) is 0 Å². The van der Waals surface area contributed by atoms with Gasteiger partial charge in [0.1, 0.15) is 0 Å². The van der Waals surface area contributed by atoms with E-state index in [1.165, 1.54) is 12.1 Å². The van der Waals surface area contributed by atoms with Crippen molar-refractivity contribution in [2.24, 2.45) is 0 Å². The summed E-state index contributed by atoms with van der Waals surface area (Å²) in [7, 11) is 0. The summed E-state index contributed by atoms with van der Waals surface area (Å²) in [6, 6.07) is 5.71. The molecule has 0 bridgehead atoms. The summed E-state index contributed by atoms with van der Waals surface area (Å²) in [6.07, 6.45) is 11.8. The monoisotopic (exact) mass is 439 g/mol. The summed E-state index contributed by atoms with van der Waals surface area (Å²) in [4.78, 5) is 24.6. The first-order valence-electron chi connectivity index (χ1n) is 10.8. The van der Waals surface area contributed by atoms with Gasteiger partial charge < -0.3 is 10.0 Å². The number of carbonyl (C=O) groups is 2. The molecule has 7 heteroatoms. The Morgan fingerprint density at radius 1 is 1.10 bits per heavy atom. The minimum atomic E-state index is -4.31. The minimum Gasteiger partial charge on any atom is -0.481 e. The Bertz CT molecular complexity index is 716. The number of rotatable bonds is 12. The zero-order valence-electron chi connectivity index (χ0n) is 17.9. The fourth-order valence-electron chi connectivity index (χ4n) is 3.92. The second-order valence-electron chi connectivity index (χ2n) is 7.78. The van der Waals surface area contributed by atoms with Crippen molar-refractivity contribution in [3.63, 3.8) is 0 Å². The molecule has 1 saturated heterocycles. The van der Waals surface area contributed by atoms with Crippen LogP contribution in [0.25, 0.3) is 0 Å². The smallest absolute Gasteiger partial charge is 0.416 e. The van der Waals surface area contributed by atoms with Crippen molar-refractivity contribution < 1.29 is 27.9 Å². The lowest BCUT2D eigenvalue weighted by Gasteiger charge is -2.25. The van der Waals surface area contributed by atoms with Crippen LogP contribution in [-0.2, 0) is 22.2 Å². The van der Waals surface area contributed by atoms with Gasteiger partial charge in [-0.25, -0.2) is 0 Å². The number of likely N-dealkylation sites (tertiary alicyclic amines) is 1. The number of benzene rings is 1.